The summed E-state index contributed by atoms with van der Waals surface area (Å²) in [5.74, 6) is 5.83. The highest BCUT2D eigenvalue weighted by Gasteiger charge is 2.56. The summed E-state index contributed by atoms with van der Waals surface area (Å²) in [6.45, 7) is 5.66. The molecule has 6 aliphatic rings. The number of carbonyl (C=O) groups is 1. The Balaban J connectivity index is 0.000000145. The molecule has 0 aromatic rings. The lowest BCUT2D eigenvalue weighted by Gasteiger charge is -2.32. The minimum atomic E-state index is -0.437. The van der Waals surface area contributed by atoms with Gasteiger partial charge in [0.25, 0.3) is 0 Å². The lowest BCUT2D eigenvalue weighted by Crippen LogP contribution is -2.44. The second kappa shape index (κ2) is 7.88. The van der Waals surface area contributed by atoms with E-state index in [1.165, 1.54) is 19.3 Å². The largest absolute Gasteiger partial charge is 0.444 e. The fourth-order valence-electron chi connectivity index (χ4n) is 8.76. The second-order valence-electron chi connectivity index (χ2n) is 12.6. The van der Waals surface area contributed by atoms with Crippen molar-refractivity contribution in [1.82, 2.24) is 5.32 Å². The van der Waals surface area contributed by atoms with Crippen LogP contribution in [0.4, 0.5) is 4.79 Å². The van der Waals surface area contributed by atoms with Crippen LogP contribution in [0.2, 0.25) is 0 Å². The van der Waals surface area contributed by atoms with Crippen molar-refractivity contribution >= 4 is 6.09 Å². The van der Waals surface area contributed by atoms with Crippen molar-refractivity contribution in [1.29, 1.82) is 0 Å². The maximum atomic E-state index is 11.9. The normalized spacial score (nSPS) is 51.3. The summed E-state index contributed by atoms with van der Waals surface area (Å²) in [7, 11) is 0. The van der Waals surface area contributed by atoms with E-state index in [1.807, 2.05) is 20.8 Å². The van der Waals surface area contributed by atoms with E-state index in [0.717, 1.165) is 55.8 Å². The molecule has 6 aliphatic carbocycles. The first-order valence-corrected chi connectivity index (χ1v) is 12.7. The maximum Gasteiger partial charge on any atom is 0.407 e. The molecule has 12 unspecified atom stereocenters. The third-order valence-electron chi connectivity index (χ3n) is 9.64. The van der Waals surface area contributed by atoms with E-state index in [2.05, 4.69) is 5.32 Å². The van der Waals surface area contributed by atoms with Gasteiger partial charge in [0.1, 0.15) is 5.60 Å². The van der Waals surface area contributed by atoms with E-state index in [9.17, 15) is 15.0 Å². The summed E-state index contributed by atoms with van der Waals surface area (Å²) in [4.78, 5) is 11.9. The average molecular weight is 435 g/mol. The molecule has 1 amide bonds. The Labute approximate surface area is 186 Å². The van der Waals surface area contributed by atoms with Gasteiger partial charge in [-0.1, -0.05) is 0 Å². The first kappa shape index (κ1) is 22.0. The van der Waals surface area contributed by atoms with Crippen LogP contribution in [-0.4, -0.2) is 46.2 Å². The van der Waals surface area contributed by atoms with E-state index in [1.54, 1.807) is 0 Å². The number of rotatable bonds is 1. The molecule has 0 saturated heterocycles. The third kappa shape index (κ3) is 4.13. The minimum absolute atomic E-state index is 0.00407. The number of amides is 1. The van der Waals surface area contributed by atoms with Gasteiger partial charge in [0.05, 0.1) is 12.2 Å². The topological polar surface area (TPSA) is 105 Å². The number of nitrogens with two attached hydrogens (primary N) is 1. The van der Waals surface area contributed by atoms with Crippen molar-refractivity contribution in [3.63, 3.8) is 0 Å². The van der Waals surface area contributed by atoms with Gasteiger partial charge >= 0.3 is 6.09 Å². The Hall–Kier alpha value is -0.850. The summed E-state index contributed by atoms with van der Waals surface area (Å²) in [6.07, 6.45) is 8.50. The molecule has 6 rings (SSSR count). The number of hydrogen-bond acceptors (Lipinski definition) is 5. The van der Waals surface area contributed by atoms with Crippen LogP contribution in [0.1, 0.15) is 72.1 Å². The van der Waals surface area contributed by atoms with E-state index in [0.29, 0.717) is 29.7 Å². The van der Waals surface area contributed by atoms with Gasteiger partial charge in [0.15, 0.2) is 0 Å². The zero-order valence-corrected chi connectivity index (χ0v) is 19.4. The number of aliphatic hydroxyl groups is 2. The van der Waals surface area contributed by atoms with Gasteiger partial charge in [0, 0.05) is 12.1 Å². The zero-order valence-electron chi connectivity index (χ0n) is 19.4. The molecule has 176 valence electrons. The second-order valence-corrected chi connectivity index (χ2v) is 12.6. The number of nitrogens with one attached hydrogen (secondary N) is 1. The molecule has 0 radical (unpaired) electrons. The molecule has 0 heterocycles. The van der Waals surface area contributed by atoms with Gasteiger partial charge in [-0.15, -0.1) is 0 Å². The van der Waals surface area contributed by atoms with Gasteiger partial charge in [-0.05, 0) is 119 Å². The zero-order chi connectivity index (χ0) is 22.1. The quantitative estimate of drug-likeness (QED) is 0.508. The van der Waals surface area contributed by atoms with Crippen LogP contribution in [-0.2, 0) is 4.74 Å². The Morgan fingerprint density at radius 1 is 0.774 bits per heavy atom. The fourth-order valence-corrected chi connectivity index (χ4v) is 8.76. The molecule has 6 nitrogen and oxygen atoms in total. The molecule has 6 fully saturated rings. The minimum Gasteiger partial charge on any atom is -0.444 e. The Morgan fingerprint density at radius 3 is 1.90 bits per heavy atom. The first-order valence-electron chi connectivity index (χ1n) is 12.7. The molecule has 4 bridgehead atoms. The van der Waals surface area contributed by atoms with Crippen LogP contribution in [0.25, 0.3) is 0 Å². The van der Waals surface area contributed by atoms with Crippen LogP contribution < -0.4 is 11.1 Å². The number of aliphatic hydroxyl groups excluding tert-OH is 2. The van der Waals surface area contributed by atoms with E-state index in [-0.39, 0.29) is 24.3 Å². The molecule has 6 saturated carbocycles. The van der Waals surface area contributed by atoms with Crippen LogP contribution in [0, 0.1) is 47.3 Å². The Kier molecular flexibility index (Phi) is 5.58. The number of ether oxygens (including phenoxy) is 1. The summed E-state index contributed by atoms with van der Waals surface area (Å²) >= 11 is 0. The number of hydrogen-bond donors (Lipinski definition) is 4. The van der Waals surface area contributed by atoms with Gasteiger partial charge in [-0.2, -0.15) is 0 Å². The standard InChI is InChI=1S/C15H25NO3.C10H17NO/c1-15(2,3)19-14(18)16-13-5-8-4-12(13)11-7-9(17)6-10(8)11;11-10-2-5-1-9(10)8-4-6(12)3-7(5)8/h8-13,17H,4-7H2,1-3H3,(H,16,18);5-10,12H,1-4,11H2. The van der Waals surface area contributed by atoms with Gasteiger partial charge in [0.2, 0.25) is 0 Å². The molecule has 0 spiro atoms. The van der Waals surface area contributed by atoms with Crippen molar-refractivity contribution < 1.29 is 19.7 Å². The Morgan fingerprint density at radius 2 is 1.29 bits per heavy atom. The molecule has 31 heavy (non-hydrogen) atoms. The maximum absolute atomic E-state index is 11.9. The first-order chi connectivity index (χ1) is 14.6. The van der Waals surface area contributed by atoms with Crippen molar-refractivity contribution in [3.8, 4) is 0 Å². The fraction of sp³-hybridized carbons (Fsp3) is 0.960. The molecule has 0 aromatic carbocycles. The molecule has 5 N–H and O–H groups in total. The molecule has 0 aliphatic heterocycles. The predicted molar refractivity (Wildman–Crippen MR) is 118 cm³/mol. The number of fused-ring (bicyclic) bond motifs is 10. The molecule has 12 atom stereocenters. The summed E-state index contributed by atoms with van der Waals surface area (Å²) < 4.78 is 5.34. The van der Waals surface area contributed by atoms with E-state index < -0.39 is 5.60 Å². The summed E-state index contributed by atoms with van der Waals surface area (Å²) in [5, 5.41) is 22.4. The van der Waals surface area contributed by atoms with Crippen LogP contribution >= 0.6 is 0 Å². The highest BCUT2D eigenvalue weighted by molar-refractivity contribution is 5.68. The lowest BCUT2D eigenvalue weighted by atomic mass is 9.79. The smallest absolute Gasteiger partial charge is 0.407 e. The monoisotopic (exact) mass is 434 g/mol. The van der Waals surface area contributed by atoms with Crippen molar-refractivity contribution in [2.45, 2.75) is 102 Å². The summed E-state index contributed by atoms with van der Waals surface area (Å²) in [5.41, 5.74) is 5.60. The molecule has 0 aromatic heterocycles. The van der Waals surface area contributed by atoms with E-state index >= 15 is 0 Å². The average Bonchev–Trinajstić information content (AvgIpc) is 3.41. The predicted octanol–water partition coefficient (Wildman–Crippen LogP) is 3.05. The van der Waals surface area contributed by atoms with Gasteiger partial charge in [-0.25, -0.2) is 4.79 Å². The van der Waals surface area contributed by atoms with Crippen molar-refractivity contribution in [3.05, 3.63) is 0 Å². The highest BCUT2D eigenvalue weighted by Crippen LogP contribution is 2.59. The molecular formula is C25H42N2O4. The number of alkyl carbamates (subject to hydrolysis) is 1. The number of carbonyl (C=O) groups excluding carboxylic acids is 1. The third-order valence-corrected chi connectivity index (χ3v) is 9.64. The van der Waals surface area contributed by atoms with Crippen LogP contribution in [0.15, 0.2) is 0 Å². The molecular weight excluding hydrogens is 392 g/mol. The van der Waals surface area contributed by atoms with E-state index in [4.69, 9.17) is 10.5 Å². The van der Waals surface area contributed by atoms with Gasteiger partial charge < -0.3 is 26.0 Å². The highest BCUT2D eigenvalue weighted by atomic mass is 16.6. The Bertz CT molecular complexity index is 689. The van der Waals surface area contributed by atoms with Crippen molar-refractivity contribution in [2.75, 3.05) is 0 Å². The lowest BCUT2D eigenvalue weighted by molar-refractivity contribution is 0.0466. The van der Waals surface area contributed by atoms with Crippen LogP contribution in [0.3, 0.4) is 0 Å². The van der Waals surface area contributed by atoms with Gasteiger partial charge in [-0.3, -0.25) is 0 Å². The molecule has 6 heteroatoms. The SMILES string of the molecule is CC(C)(C)OC(=O)NC1CC2CC1C1CC(O)CC21.NC1CC2CC1C1CC(O)CC21. The van der Waals surface area contributed by atoms with Crippen LogP contribution in [0.5, 0.6) is 0 Å². The summed E-state index contributed by atoms with van der Waals surface area (Å²) in [6, 6.07) is 0.716. The van der Waals surface area contributed by atoms with Crippen molar-refractivity contribution in [2.24, 2.45) is 53.1 Å².